The van der Waals surface area contributed by atoms with Crippen molar-refractivity contribution in [2.75, 3.05) is 37.0 Å². The van der Waals surface area contributed by atoms with Crippen molar-refractivity contribution in [3.63, 3.8) is 0 Å². The van der Waals surface area contributed by atoms with E-state index in [0.29, 0.717) is 19.6 Å². The van der Waals surface area contributed by atoms with Gasteiger partial charge < -0.3 is 14.4 Å². The Hall–Kier alpha value is -1.86. The quantitative estimate of drug-likeness (QED) is 0.559. The summed E-state index contributed by atoms with van der Waals surface area (Å²) in [5.74, 6) is 1.95. The topological polar surface area (TPSA) is 60.3 Å². The van der Waals surface area contributed by atoms with E-state index in [2.05, 4.69) is 50.9 Å². The maximum absolute atomic E-state index is 11.1. The van der Waals surface area contributed by atoms with Crippen LogP contribution < -0.4 is 4.90 Å². The first-order valence-electron chi connectivity index (χ1n) is 8.62. The number of thioether (sulfide) groups is 1. The molecule has 0 amide bonds. The molecule has 0 bridgehead atoms. The average molecular weight is 360 g/mol. The zero-order valence-electron chi connectivity index (χ0n) is 14.8. The van der Waals surface area contributed by atoms with Gasteiger partial charge in [0.15, 0.2) is 5.16 Å². The fourth-order valence-electron chi connectivity index (χ4n) is 2.73. The van der Waals surface area contributed by atoms with Crippen LogP contribution in [0.3, 0.4) is 0 Å². The Morgan fingerprint density at radius 1 is 1.20 bits per heavy atom. The summed E-state index contributed by atoms with van der Waals surface area (Å²) in [6, 6.07) is 8.40. The first-order chi connectivity index (χ1) is 12.1. The fourth-order valence-corrected chi connectivity index (χ4v) is 3.61. The van der Waals surface area contributed by atoms with Gasteiger partial charge in [-0.1, -0.05) is 29.5 Å². The number of rotatable bonds is 7. The number of ether oxygens (including phenoxy) is 1. The third-order valence-corrected chi connectivity index (χ3v) is 5.12. The summed E-state index contributed by atoms with van der Waals surface area (Å²) in [7, 11) is 0. The van der Waals surface area contributed by atoms with E-state index >= 15 is 0 Å². The molecule has 1 aliphatic heterocycles. The molecule has 1 aliphatic rings. The first kappa shape index (κ1) is 17.9. The van der Waals surface area contributed by atoms with Crippen LogP contribution in [-0.2, 0) is 9.53 Å². The highest BCUT2D eigenvalue weighted by atomic mass is 32.2. The standard InChI is InChI=1S/C18H24N4O2S/c1-14-5-7-16(8-6-14)22-17(21-9-11-24-12-10-21)19-20-18(22)25-13-3-4-15(2)23/h5-8H,3-4,9-13H2,1-2H3. The monoisotopic (exact) mass is 360 g/mol. The van der Waals surface area contributed by atoms with E-state index in [1.165, 1.54) is 5.56 Å². The number of Topliss-reactive ketones (excluding diaryl/α,β-unsaturated/α-hetero) is 1. The van der Waals surface area contributed by atoms with Gasteiger partial charge in [-0.05, 0) is 32.4 Å². The summed E-state index contributed by atoms with van der Waals surface area (Å²) in [6.45, 7) is 6.77. The van der Waals surface area contributed by atoms with Crippen LogP contribution in [0.2, 0.25) is 0 Å². The summed E-state index contributed by atoms with van der Waals surface area (Å²) >= 11 is 1.65. The van der Waals surface area contributed by atoms with E-state index in [0.717, 1.165) is 42.1 Å². The number of ketones is 1. The molecule has 3 rings (SSSR count). The Bertz CT molecular complexity index is 708. The SMILES string of the molecule is CC(=O)CCCSc1nnc(N2CCOCC2)n1-c1ccc(C)cc1. The Morgan fingerprint density at radius 2 is 1.92 bits per heavy atom. The number of hydrogen-bond donors (Lipinski definition) is 0. The lowest BCUT2D eigenvalue weighted by atomic mass is 10.2. The molecule has 1 aromatic carbocycles. The number of aromatic nitrogens is 3. The summed E-state index contributed by atoms with van der Waals surface area (Å²) < 4.78 is 7.57. The minimum Gasteiger partial charge on any atom is -0.378 e. The summed E-state index contributed by atoms with van der Waals surface area (Å²) in [4.78, 5) is 13.3. The minimum absolute atomic E-state index is 0.231. The molecule has 2 heterocycles. The van der Waals surface area contributed by atoms with E-state index in [9.17, 15) is 4.79 Å². The number of benzene rings is 1. The van der Waals surface area contributed by atoms with E-state index < -0.39 is 0 Å². The van der Waals surface area contributed by atoms with E-state index in [1.807, 2.05) is 0 Å². The van der Waals surface area contributed by atoms with Crippen molar-refractivity contribution < 1.29 is 9.53 Å². The number of hydrogen-bond acceptors (Lipinski definition) is 6. The van der Waals surface area contributed by atoms with Gasteiger partial charge >= 0.3 is 0 Å². The molecule has 0 atom stereocenters. The van der Waals surface area contributed by atoms with Crippen LogP contribution in [0.15, 0.2) is 29.4 Å². The molecule has 0 N–H and O–H groups in total. The molecule has 0 spiro atoms. The van der Waals surface area contributed by atoms with E-state index in [4.69, 9.17) is 4.74 Å². The predicted octanol–water partition coefficient (Wildman–Crippen LogP) is 2.87. The maximum Gasteiger partial charge on any atom is 0.232 e. The number of carbonyl (C=O) groups is 1. The third kappa shape index (κ3) is 4.61. The van der Waals surface area contributed by atoms with Gasteiger partial charge in [0.1, 0.15) is 5.78 Å². The van der Waals surface area contributed by atoms with Crippen LogP contribution in [0.1, 0.15) is 25.3 Å². The first-order valence-corrected chi connectivity index (χ1v) is 9.61. The second kappa shape index (κ2) is 8.49. The number of anilines is 1. The third-order valence-electron chi connectivity index (χ3n) is 4.11. The lowest BCUT2D eigenvalue weighted by Crippen LogP contribution is -2.37. The van der Waals surface area contributed by atoms with E-state index in [1.54, 1.807) is 18.7 Å². The van der Waals surface area contributed by atoms with Crippen LogP contribution in [0.25, 0.3) is 5.69 Å². The van der Waals surface area contributed by atoms with Gasteiger partial charge in [0.25, 0.3) is 0 Å². The van der Waals surface area contributed by atoms with Gasteiger partial charge in [-0.25, -0.2) is 0 Å². The molecule has 2 aromatic rings. The van der Waals surface area contributed by atoms with Crippen molar-refractivity contribution in [3.8, 4) is 5.69 Å². The van der Waals surface area contributed by atoms with Gasteiger partial charge in [0, 0.05) is 25.3 Å². The number of morpholine rings is 1. The summed E-state index contributed by atoms with van der Waals surface area (Å²) in [5.41, 5.74) is 2.28. The van der Waals surface area contributed by atoms with Crippen molar-refractivity contribution in [2.45, 2.75) is 31.8 Å². The maximum atomic E-state index is 11.1. The molecule has 1 saturated heterocycles. The Labute approximate surface area is 152 Å². The van der Waals surface area contributed by atoms with Gasteiger partial charge in [-0.2, -0.15) is 0 Å². The molecule has 134 valence electrons. The second-order valence-corrected chi connectivity index (χ2v) is 7.27. The molecular formula is C18H24N4O2S. The van der Waals surface area contributed by atoms with Crippen molar-refractivity contribution in [2.24, 2.45) is 0 Å². The predicted molar refractivity (Wildman–Crippen MR) is 99.8 cm³/mol. The molecule has 7 heteroatoms. The average Bonchev–Trinajstić information content (AvgIpc) is 3.04. The normalized spacial score (nSPS) is 14.7. The summed E-state index contributed by atoms with van der Waals surface area (Å²) in [5, 5.41) is 9.73. The molecule has 0 radical (unpaired) electrons. The van der Waals surface area contributed by atoms with Crippen molar-refractivity contribution in [1.29, 1.82) is 0 Å². The highest BCUT2D eigenvalue weighted by Crippen LogP contribution is 2.28. The van der Waals surface area contributed by atoms with Crippen LogP contribution in [0.5, 0.6) is 0 Å². The number of aryl methyl sites for hydroxylation is 1. The Morgan fingerprint density at radius 3 is 2.60 bits per heavy atom. The zero-order chi connectivity index (χ0) is 17.6. The van der Waals surface area contributed by atoms with Gasteiger partial charge in [0.05, 0.1) is 18.9 Å². The van der Waals surface area contributed by atoms with Crippen molar-refractivity contribution in [3.05, 3.63) is 29.8 Å². The zero-order valence-corrected chi connectivity index (χ0v) is 15.6. The molecular weight excluding hydrogens is 336 g/mol. The van der Waals surface area contributed by atoms with E-state index in [-0.39, 0.29) is 5.78 Å². The molecule has 0 aliphatic carbocycles. The second-order valence-electron chi connectivity index (χ2n) is 6.21. The fraction of sp³-hybridized carbons (Fsp3) is 0.500. The minimum atomic E-state index is 0.231. The number of nitrogens with zero attached hydrogens (tertiary/aromatic N) is 4. The van der Waals surface area contributed by atoms with Crippen LogP contribution in [0.4, 0.5) is 5.95 Å². The molecule has 25 heavy (non-hydrogen) atoms. The lowest BCUT2D eigenvalue weighted by Gasteiger charge is -2.28. The highest BCUT2D eigenvalue weighted by Gasteiger charge is 2.21. The molecule has 6 nitrogen and oxygen atoms in total. The molecule has 0 unspecified atom stereocenters. The van der Waals surface area contributed by atoms with Gasteiger partial charge in [-0.3, -0.25) is 4.57 Å². The lowest BCUT2D eigenvalue weighted by molar-refractivity contribution is -0.117. The molecule has 1 fully saturated rings. The van der Waals surface area contributed by atoms with Crippen molar-refractivity contribution in [1.82, 2.24) is 14.8 Å². The van der Waals surface area contributed by atoms with Crippen LogP contribution in [0, 0.1) is 6.92 Å². The molecule has 1 aromatic heterocycles. The number of carbonyl (C=O) groups excluding carboxylic acids is 1. The highest BCUT2D eigenvalue weighted by molar-refractivity contribution is 7.99. The van der Waals surface area contributed by atoms with Gasteiger partial charge in [-0.15, -0.1) is 10.2 Å². The van der Waals surface area contributed by atoms with Crippen LogP contribution >= 0.6 is 11.8 Å². The Kier molecular flexibility index (Phi) is 6.09. The summed E-state index contributed by atoms with van der Waals surface area (Å²) in [6.07, 6.45) is 1.47. The van der Waals surface area contributed by atoms with Gasteiger partial charge in [0.2, 0.25) is 5.95 Å². The molecule has 0 saturated carbocycles. The Balaban J connectivity index is 1.85. The van der Waals surface area contributed by atoms with Crippen LogP contribution in [-0.4, -0.2) is 52.6 Å². The smallest absolute Gasteiger partial charge is 0.232 e. The van der Waals surface area contributed by atoms with Crippen molar-refractivity contribution >= 4 is 23.5 Å². The largest absolute Gasteiger partial charge is 0.378 e.